The lowest BCUT2D eigenvalue weighted by Gasteiger charge is -2.10. The van der Waals surface area contributed by atoms with E-state index in [1.807, 2.05) is 12.3 Å². The van der Waals surface area contributed by atoms with Gasteiger partial charge < -0.3 is 9.30 Å². The summed E-state index contributed by atoms with van der Waals surface area (Å²) in [5.41, 5.74) is 5.99. The van der Waals surface area contributed by atoms with Crippen LogP contribution in [0.1, 0.15) is 16.8 Å². The molecule has 2 aromatic heterocycles. The molecule has 3 nitrogen and oxygen atoms in total. The zero-order valence-electron chi connectivity index (χ0n) is 14.2. The Morgan fingerprint density at radius 1 is 0.958 bits per heavy atom. The Labute approximate surface area is 141 Å². The van der Waals surface area contributed by atoms with Gasteiger partial charge in [0, 0.05) is 29.6 Å². The highest BCUT2D eigenvalue weighted by Crippen LogP contribution is 2.33. The van der Waals surface area contributed by atoms with Gasteiger partial charge in [-0.3, -0.25) is 4.98 Å². The van der Waals surface area contributed by atoms with Gasteiger partial charge >= 0.3 is 0 Å². The van der Waals surface area contributed by atoms with Gasteiger partial charge in [-0.1, -0.05) is 29.8 Å². The van der Waals surface area contributed by atoms with Crippen LogP contribution in [0.3, 0.4) is 0 Å². The third-order valence-electron chi connectivity index (χ3n) is 4.62. The molecule has 4 aromatic rings. The standard InChI is InChI=1S/C21H20N2O/c1-14-4-6-16(7-5-14)13-23-20-12-17(24-3)8-9-18(20)19-10-11-22-15(2)21(19)23/h4-12H,13H2,1-3H3. The van der Waals surface area contributed by atoms with E-state index in [9.17, 15) is 0 Å². The maximum atomic E-state index is 5.44. The number of hydrogen-bond acceptors (Lipinski definition) is 2. The number of aryl methyl sites for hydroxylation is 2. The fourth-order valence-electron chi connectivity index (χ4n) is 3.37. The van der Waals surface area contributed by atoms with E-state index in [-0.39, 0.29) is 0 Å². The van der Waals surface area contributed by atoms with E-state index >= 15 is 0 Å². The summed E-state index contributed by atoms with van der Waals surface area (Å²) >= 11 is 0. The van der Waals surface area contributed by atoms with Gasteiger partial charge in [0.05, 0.1) is 23.8 Å². The molecule has 0 radical (unpaired) electrons. The van der Waals surface area contributed by atoms with Crippen molar-refractivity contribution in [2.75, 3.05) is 7.11 Å². The summed E-state index contributed by atoms with van der Waals surface area (Å²) < 4.78 is 7.79. The Balaban J connectivity index is 2.00. The number of benzene rings is 2. The molecule has 24 heavy (non-hydrogen) atoms. The molecule has 3 heteroatoms. The molecule has 4 rings (SSSR count). The minimum Gasteiger partial charge on any atom is -0.497 e. The minimum atomic E-state index is 0.819. The van der Waals surface area contributed by atoms with Crippen LogP contribution in [0.25, 0.3) is 21.8 Å². The Kier molecular flexibility index (Phi) is 3.49. The van der Waals surface area contributed by atoms with Crippen LogP contribution in [0.5, 0.6) is 5.75 Å². The molecule has 0 aliphatic heterocycles. The molecule has 120 valence electrons. The Morgan fingerprint density at radius 3 is 2.50 bits per heavy atom. The van der Waals surface area contributed by atoms with Crippen LogP contribution in [0.4, 0.5) is 0 Å². The number of rotatable bonds is 3. The van der Waals surface area contributed by atoms with Crippen LogP contribution in [0.2, 0.25) is 0 Å². The molecule has 0 spiro atoms. The van der Waals surface area contributed by atoms with Crippen LogP contribution in [0.15, 0.2) is 54.7 Å². The molecule has 2 aromatic carbocycles. The first-order valence-corrected chi connectivity index (χ1v) is 8.14. The zero-order valence-corrected chi connectivity index (χ0v) is 14.2. The third kappa shape index (κ3) is 2.33. The predicted molar refractivity (Wildman–Crippen MR) is 98.8 cm³/mol. The fourth-order valence-corrected chi connectivity index (χ4v) is 3.37. The van der Waals surface area contributed by atoms with Gasteiger partial charge in [0.2, 0.25) is 0 Å². The second kappa shape index (κ2) is 5.68. The normalized spacial score (nSPS) is 11.3. The van der Waals surface area contributed by atoms with E-state index in [0.29, 0.717) is 0 Å². The first kappa shape index (κ1) is 14.8. The predicted octanol–water partition coefficient (Wildman–Crippen LogP) is 4.86. The second-order valence-electron chi connectivity index (χ2n) is 6.25. The molecular weight excluding hydrogens is 296 g/mol. The van der Waals surface area contributed by atoms with Crippen molar-refractivity contribution in [3.05, 3.63) is 71.5 Å². The van der Waals surface area contributed by atoms with E-state index in [1.54, 1.807) is 7.11 Å². The van der Waals surface area contributed by atoms with E-state index in [1.165, 1.54) is 32.9 Å². The summed E-state index contributed by atoms with van der Waals surface area (Å²) in [7, 11) is 1.71. The molecule has 0 aliphatic carbocycles. The Hall–Kier alpha value is -2.81. The lowest BCUT2D eigenvalue weighted by molar-refractivity contribution is 0.415. The maximum Gasteiger partial charge on any atom is 0.120 e. The molecule has 0 aliphatic rings. The van der Waals surface area contributed by atoms with Crippen LogP contribution in [-0.4, -0.2) is 16.7 Å². The van der Waals surface area contributed by atoms with Crippen molar-refractivity contribution in [2.45, 2.75) is 20.4 Å². The molecule has 0 fully saturated rings. The SMILES string of the molecule is COc1ccc2c3ccnc(C)c3n(Cc3ccc(C)cc3)c2c1. The molecule has 0 amide bonds. The van der Waals surface area contributed by atoms with Gasteiger partial charge in [-0.2, -0.15) is 0 Å². The molecule has 0 saturated heterocycles. The van der Waals surface area contributed by atoms with Crippen molar-refractivity contribution >= 4 is 21.8 Å². The smallest absolute Gasteiger partial charge is 0.120 e. The lowest BCUT2D eigenvalue weighted by Crippen LogP contribution is -2.01. The quantitative estimate of drug-likeness (QED) is 0.539. The van der Waals surface area contributed by atoms with E-state index in [2.05, 4.69) is 65.9 Å². The van der Waals surface area contributed by atoms with Gasteiger partial charge in [-0.25, -0.2) is 0 Å². The molecule has 0 saturated carbocycles. The Morgan fingerprint density at radius 2 is 1.75 bits per heavy atom. The van der Waals surface area contributed by atoms with E-state index in [4.69, 9.17) is 4.74 Å². The number of nitrogens with zero attached hydrogens (tertiary/aromatic N) is 2. The fraction of sp³-hybridized carbons (Fsp3) is 0.190. The summed E-state index contributed by atoms with van der Waals surface area (Å²) in [6.45, 7) is 5.01. The highest BCUT2D eigenvalue weighted by molar-refractivity contribution is 6.09. The molecule has 2 heterocycles. The molecule has 0 unspecified atom stereocenters. The summed E-state index contributed by atoms with van der Waals surface area (Å²) in [5.74, 6) is 0.876. The van der Waals surface area contributed by atoms with Crippen molar-refractivity contribution in [3.63, 3.8) is 0 Å². The molecule has 0 bridgehead atoms. The second-order valence-corrected chi connectivity index (χ2v) is 6.25. The van der Waals surface area contributed by atoms with Gasteiger partial charge in [-0.05, 0) is 37.6 Å². The number of fused-ring (bicyclic) bond motifs is 3. The third-order valence-corrected chi connectivity index (χ3v) is 4.62. The first-order valence-electron chi connectivity index (χ1n) is 8.14. The number of hydrogen-bond donors (Lipinski definition) is 0. The van der Waals surface area contributed by atoms with Crippen molar-refractivity contribution in [1.82, 2.24) is 9.55 Å². The summed E-state index contributed by atoms with van der Waals surface area (Å²) in [5, 5.41) is 2.48. The van der Waals surface area contributed by atoms with Crippen LogP contribution in [0, 0.1) is 13.8 Å². The van der Waals surface area contributed by atoms with Gasteiger partial charge in [0.25, 0.3) is 0 Å². The number of methoxy groups -OCH3 is 1. The highest BCUT2D eigenvalue weighted by atomic mass is 16.5. The topological polar surface area (TPSA) is 27.1 Å². The molecule has 0 atom stereocenters. The summed E-state index contributed by atoms with van der Waals surface area (Å²) in [4.78, 5) is 4.51. The van der Waals surface area contributed by atoms with Gasteiger partial charge in [-0.15, -0.1) is 0 Å². The van der Waals surface area contributed by atoms with Gasteiger partial charge in [0.15, 0.2) is 0 Å². The maximum absolute atomic E-state index is 5.44. The van der Waals surface area contributed by atoms with Crippen LogP contribution >= 0.6 is 0 Å². The van der Waals surface area contributed by atoms with Crippen molar-refractivity contribution in [3.8, 4) is 5.75 Å². The van der Waals surface area contributed by atoms with Crippen molar-refractivity contribution < 1.29 is 4.74 Å². The first-order chi connectivity index (χ1) is 11.7. The van der Waals surface area contributed by atoms with Crippen molar-refractivity contribution in [1.29, 1.82) is 0 Å². The molecule has 0 N–H and O–H groups in total. The monoisotopic (exact) mass is 316 g/mol. The van der Waals surface area contributed by atoms with Crippen LogP contribution < -0.4 is 4.74 Å². The van der Waals surface area contributed by atoms with Crippen molar-refractivity contribution in [2.24, 2.45) is 0 Å². The number of ether oxygens (including phenoxy) is 1. The summed E-state index contributed by atoms with van der Waals surface area (Å²) in [6.07, 6.45) is 1.89. The number of pyridine rings is 1. The Bertz CT molecular complexity index is 1030. The average molecular weight is 316 g/mol. The summed E-state index contributed by atoms with van der Waals surface area (Å²) in [6, 6.07) is 17.1. The number of aromatic nitrogens is 2. The van der Waals surface area contributed by atoms with E-state index < -0.39 is 0 Å². The van der Waals surface area contributed by atoms with E-state index in [0.717, 1.165) is 18.0 Å². The minimum absolute atomic E-state index is 0.819. The average Bonchev–Trinajstić information content (AvgIpc) is 2.91. The largest absolute Gasteiger partial charge is 0.497 e. The highest BCUT2D eigenvalue weighted by Gasteiger charge is 2.14. The van der Waals surface area contributed by atoms with Gasteiger partial charge in [0.1, 0.15) is 5.75 Å². The van der Waals surface area contributed by atoms with Crippen LogP contribution in [-0.2, 0) is 6.54 Å². The zero-order chi connectivity index (χ0) is 16.7. The lowest BCUT2D eigenvalue weighted by atomic mass is 10.1. The molecular formula is C21H20N2O.